The van der Waals surface area contributed by atoms with E-state index in [1.807, 2.05) is 123 Å². The summed E-state index contributed by atoms with van der Waals surface area (Å²) in [5.41, 5.74) is 7.08. The molecule has 4 atom stereocenters. The smallest absolute Gasteiger partial charge is 0.328 e. The van der Waals surface area contributed by atoms with Crippen LogP contribution in [0, 0.1) is 38.5 Å². The number of esters is 2. The molecule has 4 unspecified atom stereocenters. The summed E-state index contributed by atoms with van der Waals surface area (Å²) < 4.78 is 49.2. The summed E-state index contributed by atoms with van der Waals surface area (Å²) in [5.74, 6) is 6.39. The van der Waals surface area contributed by atoms with Crippen molar-refractivity contribution >= 4 is 46.3 Å². The minimum Gasteiger partial charge on any atom is -0.489 e. The van der Waals surface area contributed by atoms with E-state index in [1.54, 1.807) is 0 Å². The van der Waals surface area contributed by atoms with Crippen molar-refractivity contribution < 1.29 is 57.1 Å². The Morgan fingerprint density at radius 3 is 1.15 bits per heavy atom. The van der Waals surface area contributed by atoms with Crippen LogP contribution in [-0.2, 0) is 34.1 Å². The van der Waals surface area contributed by atoms with Crippen molar-refractivity contribution in [2.24, 2.45) is 0 Å². The molecule has 14 heteroatoms. The van der Waals surface area contributed by atoms with Crippen LogP contribution in [0.2, 0.25) is 0 Å². The number of fused-ring (bicyclic) bond motifs is 5. The first-order valence-electron chi connectivity index (χ1n) is 26.4. The number of hydrogen-bond acceptors (Lipinski definition) is 12. The van der Waals surface area contributed by atoms with Crippen molar-refractivity contribution in [3.8, 4) is 70.3 Å². The summed E-state index contributed by atoms with van der Waals surface area (Å²) in [5, 5.41) is 8.56. The lowest BCUT2D eigenvalue weighted by molar-refractivity contribution is -0.155. The SMILES string of the molecule is C#CCOc1cc2ccccc2cc1OCC(COc1ccc(C2(c3ccc(OCC(COc4cc5ccccc5cc4OCC#C)OC(=O)C(C)NC=O)c(C)c3)c3ccccc3-c3ccccc32)cc1C)OC(=O)C(C)NC=O. The lowest BCUT2D eigenvalue weighted by Gasteiger charge is -2.35. The van der Waals surface area contributed by atoms with Gasteiger partial charge in [-0.1, -0.05) is 133 Å². The molecule has 0 aromatic heterocycles. The Labute approximate surface area is 470 Å². The van der Waals surface area contributed by atoms with Crippen LogP contribution in [0.25, 0.3) is 32.7 Å². The molecule has 0 saturated heterocycles. The van der Waals surface area contributed by atoms with Crippen LogP contribution in [0.4, 0.5) is 0 Å². The van der Waals surface area contributed by atoms with E-state index in [1.165, 1.54) is 13.8 Å². The number of rotatable bonds is 26. The van der Waals surface area contributed by atoms with Gasteiger partial charge in [-0.3, -0.25) is 9.59 Å². The maximum absolute atomic E-state index is 13.3. The highest BCUT2D eigenvalue weighted by molar-refractivity contribution is 5.88. The van der Waals surface area contributed by atoms with Gasteiger partial charge in [-0.05, 0) is 130 Å². The maximum atomic E-state index is 13.3. The van der Waals surface area contributed by atoms with Gasteiger partial charge in [0.2, 0.25) is 12.8 Å². The van der Waals surface area contributed by atoms with E-state index < -0.39 is 41.6 Å². The van der Waals surface area contributed by atoms with E-state index in [9.17, 15) is 19.2 Å². The molecule has 1 aliphatic rings. The van der Waals surface area contributed by atoms with Crippen LogP contribution in [0.15, 0.2) is 158 Å². The Balaban J connectivity index is 1.00. The van der Waals surface area contributed by atoms with Gasteiger partial charge >= 0.3 is 11.9 Å². The summed E-state index contributed by atoms with van der Waals surface area (Å²) in [6, 6.07) is 49.9. The number of hydrogen-bond donors (Lipinski definition) is 2. The van der Waals surface area contributed by atoms with Crippen LogP contribution < -0.4 is 39.1 Å². The zero-order valence-electron chi connectivity index (χ0n) is 45.3. The molecule has 410 valence electrons. The maximum Gasteiger partial charge on any atom is 0.328 e. The lowest BCUT2D eigenvalue weighted by Crippen LogP contribution is -2.40. The Hall–Kier alpha value is -9.92. The molecule has 2 N–H and O–H groups in total. The zero-order chi connectivity index (χ0) is 56.9. The molecule has 1 aliphatic carbocycles. The van der Waals surface area contributed by atoms with E-state index in [0.29, 0.717) is 47.3 Å². The van der Waals surface area contributed by atoms with E-state index in [2.05, 4.69) is 71.0 Å². The van der Waals surface area contributed by atoms with Crippen molar-refractivity contribution in [3.63, 3.8) is 0 Å². The van der Waals surface area contributed by atoms with E-state index in [4.69, 9.17) is 50.7 Å². The standard InChI is InChI=1S/C67H60N2O12/c1-7-29-74-61-33-47-17-9-11-19-49(47)35-63(61)78-39-53(80-65(72)45(5)68-41-70)37-76-59-27-25-51(31-43(59)3)67(57-23-15-13-21-55(57)56-22-14-16-24-58(56)67)52-26-28-60(44(4)32-52)77-38-54(81-66(73)46(6)69-42-71)40-79-64-36-50-20-12-10-18-48(50)34-62(64)75-30-8-2/h1-2,9-28,31-36,41-42,45-46,53-54H,29-30,37-40H2,3-6H3,(H,68,70)(H,69,71). The highest BCUT2D eigenvalue weighted by Crippen LogP contribution is 2.56. The summed E-state index contributed by atoms with van der Waals surface area (Å²) in [4.78, 5) is 49.1. The molecule has 8 aromatic rings. The van der Waals surface area contributed by atoms with Gasteiger partial charge in [-0.2, -0.15) is 0 Å². The molecule has 8 aromatic carbocycles. The quantitative estimate of drug-likeness (QED) is 0.0300. The number of amides is 2. The number of carbonyl (C=O) groups is 4. The average Bonchev–Trinajstić information content (AvgIpc) is 3.58. The Kier molecular flexibility index (Phi) is 17.7. The number of benzene rings is 8. The minimum atomic E-state index is -0.933. The highest BCUT2D eigenvalue weighted by Gasteiger charge is 2.46. The Bertz CT molecular complexity index is 3450. The van der Waals surface area contributed by atoms with Gasteiger partial charge in [0.25, 0.3) is 0 Å². The third-order valence-electron chi connectivity index (χ3n) is 14.0. The number of nitrogens with one attached hydrogen (secondary N) is 2. The Morgan fingerprint density at radius 1 is 0.469 bits per heavy atom. The molecular weight excluding hydrogens is 1020 g/mol. The van der Waals surface area contributed by atoms with Gasteiger partial charge in [0.15, 0.2) is 35.2 Å². The molecule has 2 amide bonds. The summed E-state index contributed by atoms with van der Waals surface area (Å²) >= 11 is 0. The summed E-state index contributed by atoms with van der Waals surface area (Å²) in [7, 11) is 0. The third kappa shape index (κ3) is 12.4. The minimum absolute atomic E-state index is 0.0136. The predicted octanol–water partition coefficient (Wildman–Crippen LogP) is 10.0. The molecule has 0 spiro atoms. The van der Waals surface area contributed by atoms with Crippen molar-refractivity contribution in [2.45, 2.75) is 57.4 Å². The van der Waals surface area contributed by atoms with Gasteiger partial charge in [0.1, 0.15) is 63.2 Å². The van der Waals surface area contributed by atoms with E-state index in [0.717, 1.165) is 66.1 Å². The van der Waals surface area contributed by atoms with Gasteiger partial charge in [-0.15, -0.1) is 12.8 Å². The summed E-state index contributed by atoms with van der Waals surface area (Å²) in [6.07, 6.45) is 10.1. The number of carbonyl (C=O) groups excluding carboxylic acids is 4. The van der Waals surface area contributed by atoms with Crippen molar-refractivity contribution in [1.82, 2.24) is 10.6 Å². The second kappa shape index (κ2) is 25.7. The molecule has 0 saturated carbocycles. The van der Waals surface area contributed by atoms with E-state index >= 15 is 0 Å². The normalized spacial score (nSPS) is 13.3. The molecule has 0 aliphatic heterocycles. The molecular formula is C67H60N2O12. The van der Waals surface area contributed by atoms with Gasteiger partial charge in [0.05, 0.1) is 5.41 Å². The molecule has 0 bridgehead atoms. The molecule has 0 radical (unpaired) electrons. The van der Waals surface area contributed by atoms with Crippen LogP contribution in [0.5, 0.6) is 34.5 Å². The van der Waals surface area contributed by atoms with Crippen LogP contribution in [-0.4, -0.2) is 88.7 Å². The van der Waals surface area contributed by atoms with Gasteiger partial charge in [0, 0.05) is 0 Å². The first-order valence-corrected chi connectivity index (χ1v) is 26.4. The van der Waals surface area contributed by atoms with Gasteiger partial charge < -0.3 is 48.5 Å². The fourth-order valence-corrected chi connectivity index (χ4v) is 10.0. The van der Waals surface area contributed by atoms with Crippen molar-refractivity contribution in [3.05, 3.63) is 191 Å². The average molecular weight is 1090 g/mol. The number of terminal acetylenes is 2. The first-order chi connectivity index (χ1) is 39.4. The van der Waals surface area contributed by atoms with Gasteiger partial charge in [-0.25, -0.2) is 9.59 Å². The fraction of sp³-hybridized carbons (Fsp3) is 0.224. The topological polar surface area (TPSA) is 166 Å². The largest absolute Gasteiger partial charge is 0.489 e. The molecule has 0 heterocycles. The molecule has 9 rings (SSSR count). The van der Waals surface area contributed by atoms with Crippen molar-refractivity contribution in [2.75, 3.05) is 39.6 Å². The molecule has 81 heavy (non-hydrogen) atoms. The first kappa shape index (κ1) is 55.8. The highest BCUT2D eigenvalue weighted by atomic mass is 16.6. The van der Waals surface area contributed by atoms with Crippen LogP contribution in [0.1, 0.15) is 47.2 Å². The van der Waals surface area contributed by atoms with Crippen molar-refractivity contribution in [1.29, 1.82) is 0 Å². The second-order valence-electron chi connectivity index (χ2n) is 19.5. The second-order valence-corrected chi connectivity index (χ2v) is 19.5. The lowest BCUT2D eigenvalue weighted by atomic mass is 9.67. The molecule has 14 nitrogen and oxygen atoms in total. The molecule has 0 fully saturated rings. The third-order valence-corrected chi connectivity index (χ3v) is 14.0. The predicted molar refractivity (Wildman–Crippen MR) is 309 cm³/mol. The van der Waals surface area contributed by atoms with Crippen LogP contribution >= 0.6 is 0 Å². The summed E-state index contributed by atoms with van der Waals surface area (Å²) in [6.45, 7) is 6.57. The number of ether oxygens (including phenoxy) is 8. The van der Waals surface area contributed by atoms with E-state index in [-0.39, 0.29) is 39.6 Å². The zero-order valence-corrected chi connectivity index (χ0v) is 45.3. The monoisotopic (exact) mass is 1080 g/mol. The number of aryl methyl sites for hydroxylation is 2. The fourth-order valence-electron chi connectivity index (χ4n) is 10.0. The van der Waals surface area contributed by atoms with Crippen LogP contribution in [0.3, 0.4) is 0 Å². The Morgan fingerprint density at radius 2 is 0.802 bits per heavy atom.